The van der Waals surface area contributed by atoms with E-state index in [1.54, 1.807) is 6.07 Å². The lowest BCUT2D eigenvalue weighted by molar-refractivity contribution is -0.119. The Morgan fingerprint density at radius 3 is 2.58 bits per heavy atom. The molecule has 0 saturated carbocycles. The third-order valence-electron chi connectivity index (χ3n) is 3.56. The van der Waals surface area contributed by atoms with Crippen LogP contribution in [-0.2, 0) is 14.8 Å². The van der Waals surface area contributed by atoms with Crippen LogP contribution in [-0.4, -0.2) is 33.3 Å². The number of hydrogen-bond donors (Lipinski definition) is 1. The van der Waals surface area contributed by atoms with Crippen LogP contribution in [0, 0.1) is 13.8 Å². The quantitative estimate of drug-likeness (QED) is 0.557. The SMILES string of the molecule is Cc1ccc(N(CC(=O)N/N=C\c2cccc(Br)c2)S(C)(=O)=O)c(C)c1. The predicted molar refractivity (Wildman–Crippen MR) is 108 cm³/mol. The van der Waals surface area contributed by atoms with E-state index in [0.717, 1.165) is 31.7 Å². The van der Waals surface area contributed by atoms with Gasteiger partial charge in [-0.25, -0.2) is 13.8 Å². The Hall–Kier alpha value is -2.19. The second kappa shape index (κ2) is 8.46. The summed E-state index contributed by atoms with van der Waals surface area (Å²) in [5.74, 6) is -0.526. The van der Waals surface area contributed by atoms with Crippen molar-refractivity contribution in [1.29, 1.82) is 0 Å². The number of nitrogens with one attached hydrogen (secondary N) is 1. The van der Waals surface area contributed by atoms with E-state index in [0.29, 0.717) is 5.69 Å². The zero-order valence-electron chi connectivity index (χ0n) is 14.7. The molecule has 0 aliphatic rings. The van der Waals surface area contributed by atoms with Crippen molar-refractivity contribution in [2.75, 3.05) is 17.1 Å². The maximum atomic E-state index is 12.2. The summed E-state index contributed by atoms with van der Waals surface area (Å²) in [6.07, 6.45) is 2.56. The summed E-state index contributed by atoms with van der Waals surface area (Å²) in [4.78, 5) is 12.2. The van der Waals surface area contributed by atoms with Gasteiger partial charge in [-0.2, -0.15) is 5.10 Å². The number of benzene rings is 2. The summed E-state index contributed by atoms with van der Waals surface area (Å²) in [5, 5.41) is 3.88. The van der Waals surface area contributed by atoms with Gasteiger partial charge in [0.1, 0.15) is 6.54 Å². The second-order valence-corrected chi connectivity index (χ2v) is 8.73. The molecule has 2 rings (SSSR count). The minimum atomic E-state index is -3.62. The average Bonchev–Trinajstić information content (AvgIpc) is 2.52. The van der Waals surface area contributed by atoms with Crippen molar-refractivity contribution in [3.05, 3.63) is 63.6 Å². The third-order valence-corrected chi connectivity index (χ3v) is 5.18. The molecule has 0 bridgehead atoms. The molecule has 0 aliphatic carbocycles. The molecule has 8 heteroatoms. The van der Waals surface area contributed by atoms with E-state index < -0.39 is 15.9 Å². The van der Waals surface area contributed by atoms with E-state index in [-0.39, 0.29) is 6.54 Å². The van der Waals surface area contributed by atoms with E-state index >= 15 is 0 Å². The summed E-state index contributed by atoms with van der Waals surface area (Å²) in [5.41, 5.74) is 5.43. The molecule has 0 heterocycles. The molecule has 1 amide bonds. The van der Waals surface area contributed by atoms with Crippen LogP contribution in [0.1, 0.15) is 16.7 Å². The lowest BCUT2D eigenvalue weighted by Crippen LogP contribution is -2.39. The van der Waals surface area contributed by atoms with Crippen molar-refractivity contribution in [2.45, 2.75) is 13.8 Å². The van der Waals surface area contributed by atoms with E-state index in [1.165, 1.54) is 6.21 Å². The van der Waals surface area contributed by atoms with Crippen molar-refractivity contribution in [3.63, 3.8) is 0 Å². The molecule has 0 aromatic heterocycles. The topological polar surface area (TPSA) is 78.8 Å². The Balaban J connectivity index is 2.12. The Kier molecular flexibility index (Phi) is 6.55. The van der Waals surface area contributed by atoms with Crippen molar-refractivity contribution >= 4 is 43.8 Å². The molecule has 0 unspecified atom stereocenters. The molecule has 138 valence electrons. The van der Waals surface area contributed by atoms with E-state index in [1.807, 2.05) is 50.2 Å². The lowest BCUT2D eigenvalue weighted by Gasteiger charge is -2.23. The Morgan fingerprint density at radius 2 is 1.96 bits per heavy atom. The highest BCUT2D eigenvalue weighted by Crippen LogP contribution is 2.23. The fourth-order valence-corrected chi connectivity index (χ4v) is 3.73. The maximum Gasteiger partial charge on any atom is 0.260 e. The minimum Gasteiger partial charge on any atom is -0.271 e. The number of amides is 1. The monoisotopic (exact) mass is 437 g/mol. The van der Waals surface area contributed by atoms with Gasteiger partial charge in [0.25, 0.3) is 5.91 Å². The molecular formula is C18H20BrN3O3S. The first kappa shape index (κ1) is 20.1. The van der Waals surface area contributed by atoms with Crippen LogP contribution in [0.3, 0.4) is 0 Å². The van der Waals surface area contributed by atoms with Crippen LogP contribution in [0.5, 0.6) is 0 Å². The number of halogens is 1. The fourth-order valence-electron chi connectivity index (χ4n) is 2.40. The number of hydrazone groups is 1. The first-order valence-electron chi connectivity index (χ1n) is 7.79. The first-order chi connectivity index (χ1) is 12.2. The fraction of sp³-hybridized carbons (Fsp3) is 0.222. The second-order valence-electron chi connectivity index (χ2n) is 5.91. The predicted octanol–water partition coefficient (Wildman–Crippen LogP) is 2.98. The number of nitrogens with zero attached hydrogens (tertiary/aromatic N) is 2. The molecule has 0 radical (unpaired) electrons. The molecule has 0 atom stereocenters. The maximum absolute atomic E-state index is 12.2. The van der Waals surface area contributed by atoms with Crippen LogP contribution in [0.2, 0.25) is 0 Å². The lowest BCUT2D eigenvalue weighted by atomic mass is 10.1. The zero-order valence-corrected chi connectivity index (χ0v) is 17.1. The van der Waals surface area contributed by atoms with Gasteiger partial charge in [-0.15, -0.1) is 0 Å². The number of sulfonamides is 1. The van der Waals surface area contributed by atoms with Gasteiger partial charge in [0.2, 0.25) is 10.0 Å². The number of carbonyl (C=O) groups excluding carboxylic acids is 1. The van der Waals surface area contributed by atoms with Gasteiger partial charge in [-0.1, -0.05) is 45.8 Å². The number of aryl methyl sites for hydroxylation is 2. The van der Waals surface area contributed by atoms with Gasteiger partial charge in [-0.3, -0.25) is 9.10 Å². The normalized spacial score (nSPS) is 11.5. The Morgan fingerprint density at radius 1 is 1.23 bits per heavy atom. The molecule has 6 nitrogen and oxygen atoms in total. The number of hydrogen-bond acceptors (Lipinski definition) is 4. The van der Waals surface area contributed by atoms with Crippen LogP contribution < -0.4 is 9.73 Å². The van der Waals surface area contributed by atoms with Gasteiger partial charge in [0.05, 0.1) is 18.2 Å². The third kappa shape index (κ3) is 5.67. The molecule has 0 saturated heterocycles. The molecule has 0 aliphatic heterocycles. The highest BCUT2D eigenvalue weighted by Gasteiger charge is 2.22. The van der Waals surface area contributed by atoms with Gasteiger partial charge in [0, 0.05) is 4.47 Å². The average molecular weight is 438 g/mol. The van der Waals surface area contributed by atoms with Crippen molar-refractivity contribution in [2.24, 2.45) is 5.10 Å². The summed E-state index contributed by atoms with van der Waals surface area (Å²) >= 11 is 3.35. The van der Waals surface area contributed by atoms with Crippen molar-refractivity contribution < 1.29 is 13.2 Å². The van der Waals surface area contributed by atoms with E-state index in [2.05, 4.69) is 26.5 Å². The number of rotatable bonds is 6. The van der Waals surface area contributed by atoms with E-state index in [9.17, 15) is 13.2 Å². The zero-order chi connectivity index (χ0) is 19.3. The Labute approximate surface area is 162 Å². The first-order valence-corrected chi connectivity index (χ1v) is 10.4. The van der Waals surface area contributed by atoms with E-state index in [4.69, 9.17) is 0 Å². The minimum absolute atomic E-state index is 0.349. The van der Waals surface area contributed by atoms with Gasteiger partial charge >= 0.3 is 0 Å². The number of anilines is 1. The smallest absolute Gasteiger partial charge is 0.260 e. The molecule has 26 heavy (non-hydrogen) atoms. The highest BCUT2D eigenvalue weighted by atomic mass is 79.9. The summed E-state index contributed by atoms with van der Waals surface area (Å²) in [6, 6.07) is 12.8. The molecule has 1 N–H and O–H groups in total. The molecular weight excluding hydrogens is 418 g/mol. The van der Waals surface area contributed by atoms with Gasteiger partial charge in [0.15, 0.2) is 0 Å². The van der Waals surface area contributed by atoms with Crippen LogP contribution in [0.4, 0.5) is 5.69 Å². The summed E-state index contributed by atoms with van der Waals surface area (Å²) < 4.78 is 26.2. The summed E-state index contributed by atoms with van der Waals surface area (Å²) in [6.45, 7) is 3.38. The van der Waals surface area contributed by atoms with Crippen LogP contribution >= 0.6 is 15.9 Å². The van der Waals surface area contributed by atoms with Crippen LogP contribution in [0.15, 0.2) is 52.0 Å². The van der Waals surface area contributed by atoms with Gasteiger partial charge < -0.3 is 0 Å². The largest absolute Gasteiger partial charge is 0.271 e. The Bertz CT molecular complexity index is 942. The number of carbonyl (C=O) groups is 1. The van der Waals surface area contributed by atoms with Crippen molar-refractivity contribution in [3.8, 4) is 0 Å². The molecule has 2 aromatic rings. The van der Waals surface area contributed by atoms with Crippen LogP contribution in [0.25, 0.3) is 0 Å². The molecule has 0 fully saturated rings. The summed E-state index contributed by atoms with van der Waals surface area (Å²) in [7, 11) is -3.62. The highest BCUT2D eigenvalue weighted by molar-refractivity contribution is 9.10. The standard InChI is InChI=1S/C18H20BrN3O3S/c1-13-7-8-17(14(2)9-13)22(26(3,24)25)12-18(23)21-20-11-15-5-4-6-16(19)10-15/h4-11H,12H2,1-3H3,(H,21,23)/b20-11-. The molecule has 2 aromatic carbocycles. The van der Waals surface area contributed by atoms with Crippen molar-refractivity contribution in [1.82, 2.24) is 5.43 Å². The van der Waals surface area contributed by atoms with Gasteiger partial charge in [-0.05, 0) is 43.2 Å². The molecule has 0 spiro atoms.